The zero-order valence-corrected chi connectivity index (χ0v) is 45.3. The third-order valence-electron chi connectivity index (χ3n) is 10.6. The fourth-order valence-corrected chi connectivity index (χ4v) is 8.87. The monoisotopic (exact) mass is 993 g/mol. The number of hydrogen-bond acceptors (Lipinski definition) is 18. The number of carbonyl (C=O) groups is 4. The Hall–Kier alpha value is -2.68. The van der Waals surface area contributed by atoms with Gasteiger partial charge in [-0.3, -0.25) is 19.2 Å². The number of aliphatic hydroxyl groups excluding tert-OH is 4. The standard InChI is InChI=1S/4C9H19NO2.C2H8N2.4C2H4O2/c4*1-8(2)5-7(11)6-9(3,4)10(8)12;3-1-2-4;4*1-2(3)4/h4*7,11-12H,5-6H2,1-4H3;1-4H2;4*1H3,(H,3,4). The zero-order chi connectivity index (χ0) is 56.0. The number of hydrogen-bond donors (Lipinski definition) is 14. The Morgan fingerprint density at radius 3 is 0.471 bits per heavy atom. The highest BCUT2D eigenvalue weighted by atomic mass is 16.5. The van der Waals surface area contributed by atoms with Gasteiger partial charge in [0.1, 0.15) is 0 Å². The molecule has 0 aromatic rings. The number of nitrogens with two attached hydrogens (primary N) is 2. The highest BCUT2D eigenvalue weighted by Crippen LogP contribution is 2.39. The first-order valence-electron chi connectivity index (χ1n) is 22.7. The number of carboxylic acid groups (broad SMARTS) is 4. The molecule has 4 aliphatic rings. The molecule has 0 spiro atoms. The summed E-state index contributed by atoms with van der Waals surface area (Å²) < 4.78 is 0. The van der Waals surface area contributed by atoms with E-state index < -0.39 is 23.9 Å². The van der Waals surface area contributed by atoms with E-state index in [-0.39, 0.29) is 68.7 Å². The second-order valence-corrected chi connectivity index (χ2v) is 22.6. The van der Waals surface area contributed by atoms with Crippen LogP contribution in [0.4, 0.5) is 0 Å². The summed E-state index contributed by atoms with van der Waals surface area (Å²) >= 11 is 0. The average Bonchev–Trinajstić information content (AvgIpc) is 3.06. The number of aliphatic carboxylic acids is 4. The minimum Gasteiger partial charge on any atom is -0.481 e. The molecule has 410 valence electrons. The minimum absolute atomic E-state index is 0.293. The van der Waals surface area contributed by atoms with E-state index >= 15 is 0 Å². The quantitative estimate of drug-likeness (QED) is 0.167. The van der Waals surface area contributed by atoms with Crippen molar-refractivity contribution in [1.29, 1.82) is 0 Å². The molecule has 4 aliphatic heterocycles. The third-order valence-corrected chi connectivity index (χ3v) is 10.6. The van der Waals surface area contributed by atoms with Gasteiger partial charge in [-0.15, -0.1) is 0 Å². The maximum Gasteiger partial charge on any atom is 0.300 e. The molecule has 16 N–H and O–H groups in total. The van der Waals surface area contributed by atoms with Crippen LogP contribution >= 0.6 is 0 Å². The molecule has 22 heteroatoms. The molecule has 4 saturated heterocycles. The van der Waals surface area contributed by atoms with Gasteiger partial charge in [0.2, 0.25) is 0 Å². The molecule has 0 aliphatic carbocycles. The molecular formula is C46H100N6O16. The van der Waals surface area contributed by atoms with Crippen molar-refractivity contribution in [3.63, 3.8) is 0 Å². The van der Waals surface area contributed by atoms with Crippen LogP contribution < -0.4 is 11.5 Å². The Balaban J connectivity index is -0.000000229. The van der Waals surface area contributed by atoms with Gasteiger partial charge >= 0.3 is 0 Å². The summed E-state index contributed by atoms with van der Waals surface area (Å²) in [4.78, 5) is 36.0. The van der Waals surface area contributed by atoms with E-state index in [9.17, 15) is 41.3 Å². The molecule has 0 atom stereocenters. The average molecular weight is 993 g/mol. The van der Waals surface area contributed by atoms with Crippen molar-refractivity contribution < 1.29 is 80.9 Å². The van der Waals surface area contributed by atoms with Gasteiger partial charge in [-0.05, 0) is 162 Å². The van der Waals surface area contributed by atoms with Gasteiger partial charge in [-0.2, -0.15) is 20.3 Å². The van der Waals surface area contributed by atoms with Crippen LogP contribution in [0.2, 0.25) is 0 Å². The van der Waals surface area contributed by atoms with E-state index in [1.54, 1.807) is 0 Å². The summed E-state index contributed by atoms with van der Waals surface area (Å²) in [6, 6.07) is 0. The van der Waals surface area contributed by atoms with Crippen LogP contribution in [0.3, 0.4) is 0 Å². The van der Waals surface area contributed by atoms with Crippen LogP contribution in [0.5, 0.6) is 0 Å². The molecular weight excluding hydrogens is 893 g/mol. The molecule has 4 heterocycles. The lowest BCUT2D eigenvalue weighted by molar-refractivity contribution is -0.257. The molecule has 0 aromatic heterocycles. The maximum atomic E-state index is 9.80. The van der Waals surface area contributed by atoms with E-state index in [4.69, 9.17) is 51.1 Å². The summed E-state index contributed by atoms with van der Waals surface area (Å²) in [5.41, 5.74) is 7.26. The maximum absolute atomic E-state index is 9.80. The van der Waals surface area contributed by atoms with E-state index in [0.717, 1.165) is 27.7 Å². The highest BCUT2D eigenvalue weighted by Gasteiger charge is 2.47. The largest absolute Gasteiger partial charge is 0.481 e. The molecule has 0 bridgehead atoms. The molecule has 22 nitrogen and oxygen atoms in total. The summed E-state index contributed by atoms with van der Waals surface area (Å²) in [6.07, 6.45) is 3.88. The first-order valence-corrected chi connectivity index (χ1v) is 22.7. The second kappa shape index (κ2) is 30.9. The summed E-state index contributed by atoms with van der Waals surface area (Å²) in [5, 5.41) is 113. The van der Waals surface area contributed by atoms with Gasteiger partial charge in [0.25, 0.3) is 23.9 Å². The van der Waals surface area contributed by atoms with Crippen LogP contribution in [0.1, 0.15) is 190 Å². The third kappa shape index (κ3) is 33.0. The highest BCUT2D eigenvalue weighted by molar-refractivity contribution is 5.63. The number of piperidine rings is 4. The lowest BCUT2D eigenvalue weighted by Crippen LogP contribution is -2.60. The number of aliphatic hydroxyl groups is 4. The normalized spacial score (nSPS) is 23.4. The predicted molar refractivity (Wildman–Crippen MR) is 259 cm³/mol. The number of carboxylic acids is 4. The van der Waals surface area contributed by atoms with Gasteiger partial charge in [-0.25, -0.2) is 0 Å². The van der Waals surface area contributed by atoms with Crippen molar-refractivity contribution in [2.24, 2.45) is 11.5 Å². The molecule has 68 heavy (non-hydrogen) atoms. The number of nitrogens with zero attached hydrogens (tertiary/aromatic N) is 4. The number of hydroxylamine groups is 8. The first kappa shape index (κ1) is 74.3. The second-order valence-electron chi connectivity index (χ2n) is 22.6. The molecule has 0 amide bonds. The van der Waals surface area contributed by atoms with E-state index in [0.29, 0.717) is 64.5 Å². The summed E-state index contributed by atoms with van der Waals surface area (Å²) in [6.45, 7) is 36.6. The van der Waals surface area contributed by atoms with E-state index in [1.165, 1.54) is 20.3 Å². The Kier molecular flexibility index (Phi) is 33.8. The first-order chi connectivity index (χ1) is 29.9. The predicted octanol–water partition coefficient (Wildman–Crippen LogP) is 4.83. The summed E-state index contributed by atoms with van der Waals surface area (Å²) in [7, 11) is 0. The van der Waals surface area contributed by atoms with E-state index in [2.05, 4.69) is 0 Å². The minimum atomic E-state index is -0.833. The molecule has 0 unspecified atom stereocenters. The zero-order valence-electron chi connectivity index (χ0n) is 45.3. The van der Waals surface area contributed by atoms with Crippen molar-refractivity contribution in [2.45, 2.75) is 259 Å². The molecule has 0 aromatic carbocycles. The Morgan fingerprint density at radius 1 is 0.338 bits per heavy atom. The van der Waals surface area contributed by atoms with E-state index in [1.807, 2.05) is 111 Å². The Labute approximate surface area is 407 Å². The fraction of sp³-hybridized carbons (Fsp3) is 0.913. The van der Waals surface area contributed by atoms with Crippen LogP contribution in [0.25, 0.3) is 0 Å². The fourth-order valence-electron chi connectivity index (χ4n) is 8.87. The van der Waals surface area contributed by atoms with Crippen molar-refractivity contribution in [1.82, 2.24) is 20.3 Å². The Morgan fingerprint density at radius 2 is 0.412 bits per heavy atom. The summed E-state index contributed by atoms with van der Waals surface area (Å²) in [5.74, 6) is -3.33. The van der Waals surface area contributed by atoms with Crippen molar-refractivity contribution in [3.8, 4) is 0 Å². The lowest BCUT2D eigenvalue weighted by Gasteiger charge is -2.50. The van der Waals surface area contributed by atoms with Gasteiger partial charge < -0.3 is 73.1 Å². The van der Waals surface area contributed by atoms with Crippen LogP contribution in [0.15, 0.2) is 0 Å². The molecule has 4 fully saturated rings. The van der Waals surface area contributed by atoms with Crippen molar-refractivity contribution >= 4 is 23.9 Å². The van der Waals surface area contributed by atoms with Crippen molar-refractivity contribution in [2.75, 3.05) is 13.1 Å². The molecule has 4 rings (SSSR count). The van der Waals surface area contributed by atoms with Gasteiger partial charge in [-0.1, -0.05) is 0 Å². The van der Waals surface area contributed by atoms with Gasteiger partial charge in [0.05, 0.1) is 24.4 Å². The SMILES string of the molecule is CC(=O)O.CC(=O)O.CC(=O)O.CC(=O)O.CC1(C)CC(O)CC(C)(C)N1O.CC1(C)CC(O)CC(C)(C)N1O.CC1(C)CC(O)CC(C)(C)N1O.CC1(C)CC(O)CC(C)(C)N1O.NCCN. The smallest absolute Gasteiger partial charge is 0.300 e. The van der Waals surface area contributed by atoms with Crippen LogP contribution in [-0.4, -0.2) is 188 Å². The lowest BCUT2D eigenvalue weighted by atomic mass is 9.80. The van der Waals surface area contributed by atoms with Crippen LogP contribution in [0, 0.1) is 0 Å². The number of rotatable bonds is 1. The topological polar surface area (TPSA) is 376 Å². The van der Waals surface area contributed by atoms with Gasteiger partial charge in [0.15, 0.2) is 0 Å². The Bertz CT molecular complexity index is 1160. The van der Waals surface area contributed by atoms with Crippen LogP contribution in [-0.2, 0) is 19.2 Å². The van der Waals surface area contributed by atoms with Gasteiger partial charge in [0, 0.05) is 85.1 Å². The molecule has 0 radical (unpaired) electrons. The molecule has 0 saturated carbocycles. The van der Waals surface area contributed by atoms with Crippen molar-refractivity contribution in [3.05, 3.63) is 0 Å².